The molecule has 28 heavy (non-hydrogen) atoms. The van der Waals surface area contributed by atoms with Crippen molar-refractivity contribution in [2.75, 3.05) is 19.8 Å². The quantitative estimate of drug-likeness (QED) is 0.866. The van der Waals surface area contributed by atoms with Crippen LogP contribution in [-0.4, -0.2) is 42.6 Å². The van der Waals surface area contributed by atoms with Crippen LogP contribution in [0.4, 0.5) is 0 Å². The smallest absolute Gasteiger partial charge is 0.261 e. The molecule has 2 aromatic carbocycles. The van der Waals surface area contributed by atoms with E-state index in [4.69, 9.17) is 9.47 Å². The molecule has 2 aliphatic heterocycles. The molecule has 6 nitrogen and oxygen atoms in total. The first-order valence-electron chi connectivity index (χ1n) is 9.66. The van der Waals surface area contributed by atoms with Crippen molar-refractivity contribution in [2.24, 2.45) is 0 Å². The lowest BCUT2D eigenvalue weighted by molar-refractivity contribution is -0.133. The Hall–Kier alpha value is -2.86. The first-order chi connectivity index (χ1) is 13.7. The molecule has 0 saturated carbocycles. The Bertz CT molecular complexity index is 847. The van der Waals surface area contributed by atoms with Gasteiger partial charge in [-0.3, -0.25) is 9.59 Å². The summed E-state index contributed by atoms with van der Waals surface area (Å²) in [5, 5.41) is 2.94. The zero-order valence-corrected chi connectivity index (χ0v) is 15.7. The van der Waals surface area contributed by atoms with Crippen LogP contribution in [0.15, 0.2) is 48.5 Å². The van der Waals surface area contributed by atoms with Gasteiger partial charge in [0.25, 0.3) is 11.8 Å². The van der Waals surface area contributed by atoms with Crippen LogP contribution in [0.3, 0.4) is 0 Å². The second-order valence-electron chi connectivity index (χ2n) is 7.19. The molecular weight excluding hydrogens is 356 g/mol. The number of amides is 2. The Balaban J connectivity index is 1.47. The third-order valence-corrected chi connectivity index (χ3v) is 5.12. The van der Waals surface area contributed by atoms with Crippen molar-refractivity contribution >= 4 is 11.8 Å². The van der Waals surface area contributed by atoms with Crippen molar-refractivity contribution in [1.82, 2.24) is 10.2 Å². The minimum absolute atomic E-state index is 0.00436. The van der Waals surface area contributed by atoms with Crippen molar-refractivity contribution in [3.8, 4) is 5.75 Å². The summed E-state index contributed by atoms with van der Waals surface area (Å²) in [7, 11) is 0. The summed E-state index contributed by atoms with van der Waals surface area (Å²) in [6.07, 6.45) is 2.13. The molecule has 6 heteroatoms. The first kappa shape index (κ1) is 18.5. The van der Waals surface area contributed by atoms with Gasteiger partial charge in [0.1, 0.15) is 5.75 Å². The zero-order valence-electron chi connectivity index (χ0n) is 15.7. The standard InChI is InChI=1S/C22H24N2O4/c25-21-15-28-20-9-8-17(22(26)23-12-19-7-4-10-27-19)11-18(20)14-24(21)13-16-5-2-1-3-6-16/h1-3,5-6,8-9,11,19H,4,7,10,12-15H2,(H,23,26)/t19-/m1/s1. The second-order valence-corrected chi connectivity index (χ2v) is 7.19. The molecule has 1 saturated heterocycles. The van der Waals surface area contributed by atoms with Crippen LogP contribution < -0.4 is 10.1 Å². The fraction of sp³-hybridized carbons (Fsp3) is 0.364. The van der Waals surface area contributed by atoms with E-state index in [0.29, 0.717) is 30.9 Å². The van der Waals surface area contributed by atoms with Crippen LogP contribution in [0.2, 0.25) is 0 Å². The topological polar surface area (TPSA) is 67.9 Å². The van der Waals surface area contributed by atoms with Gasteiger partial charge >= 0.3 is 0 Å². The number of nitrogens with zero attached hydrogens (tertiary/aromatic N) is 1. The summed E-state index contributed by atoms with van der Waals surface area (Å²) >= 11 is 0. The minimum atomic E-state index is -0.136. The molecule has 0 aromatic heterocycles. The molecule has 146 valence electrons. The fourth-order valence-electron chi connectivity index (χ4n) is 3.57. The van der Waals surface area contributed by atoms with E-state index in [1.165, 1.54) is 0 Å². The van der Waals surface area contributed by atoms with Crippen LogP contribution >= 0.6 is 0 Å². The average molecular weight is 380 g/mol. The lowest BCUT2D eigenvalue weighted by atomic mass is 10.1. The van der Waals surface area contributed by atoms with E-state index in [9.17, 15) is 9.59 Å². The Morgan fingerprint density at radius 3 is 2.82 bits per heavy atom. The van der Waals surface area contributed by atoms with Gasteiger partial charge in [-0.1, -0.05) is 30.3 Å². The number of carbonyl (C=O) groups excluding carboxylic acids is 2. The largest absolute Gasteiger partial charge is 0.483 e. The SMILES string of the molecule is O=C(NC[C@H]1CCCO1)c1ccc2c(c1)CN(Cc1ccccc1)C(=O)CO2. The summed E-state index contributed by atoms with van der Waals surface area (Å²) in [5.41, 5.74) is 2.46. The van der Waals surface area contributed by atoms with Crippen LogP contribution in [0.5, 0.6) is 5.75 Å². The van der Waals surface area contributed by atoms with Gasteiger partial charge in [-0.15, -0.1) is 0 Å². The second kappa shape index (κ2) is 8.44. The maximum absolute atomic E-state index is 12.5. The van der Waals surface area contributed by atoms with E-state index < -0.39 is 0 Å². The summed E-state index contributed by atoms with van der Waals surface area (Å²) in [4.78, 5) is 26.7. The molecule has 2 heterocycles. The van der Waals surface area contributed by atoms with Gasteiger partial charge in [0.2, 0.25) is 0 Å². The number of hydrogen-bond acceptors (Lipinski definition) is 4. The number of hydrogen-bond donors (Lipinski definition) is 1. The van der Waals surface area contributed by atoms with Crippen LogP contribution in [-0.2, 0) is 22.6 Å². The molecule has 0 bridgehead atoms. The van der Waals surface area contributed by atoms with E-state index in [1.54, 1.807) is 17.0 Å². The van der Waals surface area contributed by atoms with Gasteiger partial charge in [0.05, 0.1) is 6.10 Å². The normalized spacial score (nSPS) is 18.9. The molecule has 1 fully saturated rings. The Kier molecular flexibility index (Phi) is 5.58. The van der Waals surface area contributed by atoms with Gasteiger partial charge in [-0.25, -0.2) is 0 Å². The number of ether oxygens (including phenoxy) is 2. The van der Waals surface area contributed by atoms with Gasteiger partial charge in [-0.2, -0.15) is 0 Å². The average Bonchev–Trinajstić information content (AvgIpc) is 3.19. The van der Waals surface area contributed by atoms with E-state index in [-0.39, 0.29) is 24.5 Å². The molecule has 0 aliphatic carbocycles. The van der Waals surface area contributed by atoms with E-state index in [2.05, 4.69) is 5.32 Å². The number of benzene rings is 2. The maximum atomic E-state index is 12.5. The fourth-order valence-corrected chi connectivity index (χ4v) is 3.57. The molecule has 4 rings (SSSR count). The molecule has 2 amide bonds. The molecule has 2 aliphatic rings. The third kappa shape index (κ3) is 4.34. The van der Waals surface area contributed by atoms with E-state index in [0.717, 1.165) is 30.6 Å². The van der Waals surface area contributed by atoms with Crippen LogP contribution in [0.25, 0.3) is 0 Å². The number of fused-ring (bicyclic) bond motifs is 1. The predicted octanol–water partition coefficient (Wildman–Crippen LogP) is 2.52. The van der Waals surface area contributed by atoms with Crippen molar-refractivity contribution in [1.29, 1.82) is 0 Å². The van der Waals surface area contributed by atoms with Gasteiger partial charge < -0.3 is 19.7 Å². The molecular formula is C22H24N2O4. The lowest BCUT2D eigenvalue weighted by Gasteiger charge is -2.20. The van der Waals surface area contributed by atoms with Crippen molar-refractivity contribution in [3.05, 3.63) is 65.2 Å². The van der Waals surface area contributed by atoms with Gasteiger partial charge in [0, 0.05) is 37.4 Å². The zero-order chi connectivity index (χ0) is 19.3. The highest BCUT2D eigenvalue weighted by Crippen LogP contribution is 2.26. The number of carbonyl (C=O) groups is 2. The highest BCUT2D eigenvalue weighted by atomic mass is 16.5. The van der Waals surface area contributed by atoms with Crippen LogP contribution in [0, 0.1) is 0 Å². The van der Waals surface area contributed by atoms with Gasteiger partial charge in [-0.05, 0) is 36.6 Å². The van der Waals surface area contributed by atoms with Crippen molar-refractivity contribution in [2.45, 2.75) is 32.0 Å². The van der Waals surface area contributed by atoms with E-state index in [1.807, 2.05) is 36.4 Å². The highest BCUT2D eigenvalue weighted by Gasteiger charge is 2.23. The van der Waals surface area contributed by atoms with Crippen molar-refractivity contribution in [3.63, 3.8) is 0 Å². The summed E-state index contributed by atoms with van der Waals surface area (Å²) in [6, 6.07) is 15.2. The van der Waals surface area contributed by atoms with E-state index >= 15 is 0 Å². The molecule has 1 N–H and O–H groups in total. The summed E-state index contributed by atoms with van der Waals surface area (Å²) in [6.45, 7) is 2.21. The van der Waals surface area contributed by atoms with Gasteiger partial charge in [0.15, 0.2) is 6.61 Å². The number of rotatable bonds is 5. The monoisotopic (exact) mass is 380 g/mol. The Labute approximate surface area is 164 Å². The molecule has 1 atom stereocenters. The highest BCUT2D eigenvalue weighted by molar-refractivity contribution is 5.94. The first-order valence-corrected chi connectivity index (χ1v) is 9.66. The van der Waals surface area contributed by atoms with Crippen LogP contribution in [0.1, 0.15) is 34.3 Å². The minimum Gasteiger partial charge on any atom is -0.483 e. The Morgan fingerprint density at radius 1 is 1.18 bits per heavy atom. The lowest BCUT2D eigenvalue weighted by Crippen LogP contribution is -2.32. The number of nitrogens with one attached hydrogen (secondary N) is 1. The van der Waals surface area contributed by atoms with Crippen molar-refractivity contribution < 1.29 is 19.1 Å². The molecule has 0 radical (unpaired) electrons. The summed E-state index contributed by atoms with van der Waals surface area (Å²) in [5.74, 6) is 0.451. The molecule has 0 spiro atoms. The summed E-state index contributed by atoms with van der Waals surface area (Å²) < 4.78 is 11.2. The molecule has 2 aromatic rings. The third-order valence-electron chi connectivity index (χ3n) is 5.12. The molecule has 0 unspecified atom stereocenters. The maximum Gasteiger partial charge on any atom is 0.261 e. The Morgan fingerprint density at radius 2 is 2.04 bits per heavy atom. The predicted molar refractivity (Wildman–Crippen MR) is 104 cm³/mol.